The molecule has 112 valence electrons. The van der Waals surface area contributed by atoms with Crippen molar-refractivity contribution in [2.75, 3.05) is 11.9 Å². The first-order valence-electron chi connectivity index (χ1n) is 7.15. The van der Waals surface area contributed by atoms with Crippen LogP contribution in [-0.4, -0.2) is 17.1 Å². The third-order valence-corrected chi connectivity index (χ3v) is 3.64. The van der Waals surface area contributed by atoms with Gasteiger partial charge in [-0.25, -0.2) is 0 Å². The summed E-state index contributed by atoms with van der Waals surface area (Å²) >= 11 is 0. The molecule has 1 aromatic carbocycles. The van der Waals surface area contributed by atoms with Crippen molar-refractivity contribution < 1.29 is 9.66 Å². The highest BCUT2D eigenvalue weighted by atomic mass is 16.6. The van der Waals surface area contributed by atoms with Gasteiger partial charge in [0.2, 0.25) is 0 Å². The molecule has 0 unspecified atom stereocenters. The van der Waals surface area contributed by atoms with Crippen LogP contribution in [0.4, 0.5) is 11.4 Å². The Morgan fingerprint density at radius 2 is 1.95 bits per heavy atom. The molecule has 0 aromatic heterocycles. The number of rotatable bonds is 8. The van der Waals surface area contributed by atoms with E-state index in [9.17, 15) is 10.1 Å². The second-order valence-corrected chi connectivity index (χ2v) is 5.15. The smallest absolute Gasteiger partial charge is 0.333 e. The van der Waals surface area contributed by atoms with E-state index in [1.165, 1.54) is 0 Å². The highest BCUT2D eigenvalue weighted by molar-refractivity contribution is 5.69. The van der Waals surface area contributed by atoms with Crippen molar-refractivity contribution in [1.29, 1.82) is 0 Å². The quantitative estimate of drug-likeness (QED) is 0.567. The van der Waals surface area contributed by atoms with E-state index in [0.29, 0.717) is 18.0 Å². The van der Waals surface area contributed by atoms with Gasteiger partial charge in [0.05, 0.1) is 11.5 Å². The third-order valence-electron chi connectivity index (χ3n) is 3.64. The predicted octanol–water partition coefficient (Wildman–Crippen LogP) is 4.37. The second kappa shape index (κ2) is 7.12. The van der Waals surface area contributed by atoms with E-state index in [1.54, 1.807) is 18.2 Å². The number of nitro groups is 1. The molecule has 0 heterocycles. The van der Waals surface area contributed by atoms with Gasteiger partial charge < -0.3 is 10.1 Å². The van der Waals surface area contributed by atoms with Crippen molar-refractivity contribution >= 4 is 11.4 Å². The monoisotopic (exact) mass is 280 g/mol. The minimum absolute atomic E-state index is 0.0223. The fourth-order valence-corrected chi connectivity index (χ4v) is 1.89. The summed E-state index contributed by atoms with van der Waals surface area (Å²) in [5.41, 5.74) is 0.387. The van der Waals surface area contributed by atoms with Gasteiger partial charge in [-0.3, -0.25) is 10.1 Å². The zero-order valence-corrected chi connectivity index (χ0v) is 12.7. The van der Waals surface area contributed by atoms with Gasteiger partial charge in [-0.1, -0.05) is 26.8 Å². The van der Waals surface area contributed by atoms with Crippen LogP contribution in [0.3, 0.4) is 0 Å². The van der Waals surface area contributed by atoms with Crippen molar-refractivity contribution in [2.45, 2.75) is 52.5 Å². The molecular formula is C15H24N2O3. The molecule has 0 aliphatic carbocycles. The van der Waals surface area contributed by atoms with Crippen LogP contribution in [0.1, 0.15) is 47.0 Å². The van der Waals surface area contributed by atoms with Crippen molar-refractivity contribution in [3.63, 3.8) is 0 Å². The Balaban J connectivity index is 3.15. The predicted molar refractivity (Wildman–Crippen MR) is 81.5 cm³/mol. The number of nitro benzene ring substituents is 1. The summed E-state index contributed by atoms with van der Waals surface area (Å²) in [6.07, 6.45) is 2.60. The van der Waals surface area contributed by atoms with E-state index in [2.05, 4.69) is 26.1 Å². The van der Waals surface area contributed by atoms with Crippen molar-refractivity contribution in [2.24, 2.45) is 0 Å². The average molecular weight is 280 g/mol. The Labute approximate surface area is 120 Å². The van der Waals surface area contributed by atoms with Gasteiger partial charge in [0, 0.05) is 5.54 Å². The first kappa shape index (κ1) is 16.3. The minimum Gasteiger partial charge on any atom is -0.487 e. The second-order valence-electron chi connectivity index (χ2n) is 5.15. The molecule has 1 rings (SSSR count). The summed E-state index contributed by atoms with van der Waals surface area (Å²) in [7, 11) is 0. The first-order chi connectivity index (χ1) is 9.47. The van der Waals surface area contributed by atoms with E-state index in [4.69, 9.17) is 4.74 Å². The van der Waals surface area contributed by atoms with Crippen LogP contribution in [-0.2, 0) is 0 Å². The zero-order chi connectivity index (χ0) is 15.2. The van der Waals surface area contributed by atoms with Crippen molar-refractivity contribution in [3.8, 4) is 5.75 Å². The summed E-state index contributed by atoms with van der Waals surface area (Å²) in [4.78, 5) is 11.0. The van der Waals surface area contributed by atoms with E-state index < -0.39 is 0 Å². The number of para-hydroxylation sites is 1. The summed E-state index contributed by atoms with van der Waals surface area (Å²) in [6.45, 7) is 8.65. The Hall–Kier alpha value is -1.78. The number of nitrogens with one attached hydrogen (secondary N) is 1. The highest BCUT2D eigenvalue weighted by Crippen LogP contribution is 2.37. The largest absolute Gasteiger partial charge is 0.487 e. The first-order valence-corrected chi connectivity index (χ1v) is 7.15. The van der Waals surface area contributed by atoms with E-state index in [0.717, 1.165) is 19.3 Å². The SMILES string of the molecule is CCCOc1cccc(NC(C)(CC)CC)c1[N+](=O)[O-]. The number of anilines is 1. The molecule has 5 heteroatoms. The van der Waals surface area contributed by atoms with Gasteiger partial charge in [-0.15, -0.1) is 0 Å². The molecule has 0 spiro atoms. The third kappa shape index (κ3) is 3.85. The maximum atomic E-state index is 11.4. The van der Waals surface area contributed by atoms with Crippen LogP contribution >= 0.6 is 0 Å². The number of hydrogen-bond donors (Lipinski definition) is 1. The molecule has 1 N–H and O–H groups in total. The van der Waals surface area contributed by atoms with E-state index >= 15 is 0 Å². The summed E-state index contributed by atoms with van der Waals surface area (Å²) in [6, 6.07) is 5.17. The van der Waals surface area contributed by atoms with Crippen LogP contribution in [0.5, 0.6) is 5.75 Å². The Bertz CT molecular complexity index is 456. The molecule has 1 aromatic rings. The fourth-order valence-electron chi connectivity index (χ4n) is 1.89. The van der Waals surface area contributed by atoms with Crippen LogP contribution in [0.25, 0.3) is 0 Å². The average Bonchev–Trinajstić information content (AvgIpc) is 2.44. The molecule has 0 atom stereocenters. The summed E-state index contributed by atoms with van der Waals surface area (Å²) < 4.78 is 5.49. The standard InChI is InChI=1S/C15H24N2O3/c1-5-11-20-13-10-8-9-12(14(13)17(18)19)16-15(4,6-2)7-3/h8-10,16H,5-7,11H2,1-4H3. The lowest BCUT2D eigenvalue weighted by atomic mass is 9.95. The van der Waals surface area contributed by atoms with Gasteiger partial charge in [-0.2, -0.15) is 0 Å². The van der Waals surface area contributed by atoms with E-state index in [1.807, 2.05) is 6.92 Å². The van der Waals surface area contributed by atoms with Crippen LogP contribution in [0.15, 0.2) is 18.2 Å². The van der Waals surface area contributed by atoms with Gasteiger partial charge in [0.25, 0.3) is 0 Å². The Kier molecular flexibility index (Phi) is 5.80. The molecule has 0 amide bonds. The van der Waals surface area contributed by atoms with Gasteiger partial charge >= 0.3 is 5.69 Å². The topological polar surface area (TPSA) is 64.4 Å². The van der Waals surface area contributed by atoms with Crippen LogP contribution in [0.2, 0.25) is 0 Å². The molecule has 0 radical (unpaired) electrons. The summed E-state index contributed by atoms with van der Waals surface area (Å²) in [5, 5.41) is 14.7. The van der Waals surface area contributed by atoms with Crippen molar-refractivity contribution in [1.82, 2.24) is 0 Å². The summed E-state index contributed by atoms with van der Waals surface area (Å²) in [5.74, 6) is 0.330. The van der Waals surface area contributed by atoms with Crippen LogP contribution < -0.4 is 10.1 Å². The number of ether oxygens (including phenoxy) is 1. The normalized spacial score (nSPS) is 11.2. The Morgan fingerprint density at radius 3 is 2.45 bits per heavy atom. The molecule has 0 fully saturated rings. The molecule has 0 saturated heterocycles. The van der Waals surface area contributed by atoms with Gasteiger partial charge in [-0.05, 0) is 38.3 Å². The lowest BCUT2D eigenvalue weighted by molar-refractivity contribution is -0.385. The molecule has 20 heavy (non-hydrogen) atoms. The molecule has 0 aliphatic rings. The van der Waals surface area contributed by atoms with Gasteiger partial charge in [0.1, 0.15) is 5.69 Å². The lowest BCUT2D eigenvalue weighted by Crippen LogP contribution is -2.33. The highest BCUT2D eigenvalue weighted by Gasteiger charge is 2.26. The molecule has 0 aliphatic heterocycles. The minimum atomic E-state index is -0.376. The lowest BCUT2D eigenvalue weighted by Gasteiger charge is -2.29. The molecule has 0 bridgehead atoms. The molecule has 0 saturated carbocycles. The van der Waals surface area contributed by atoms with Gasteiger partial charge in [0.15, 0.2) is 5.75 Å². The Morgan fingerprint density at radius 1 is 1.30 bits per heavy atom. The maximum absolute atomic E-state index is 11.4. The maximum Gasteiger partial charge on any atom is 0.333 e. The zero-order valence-electron chi connectivity index (χ0n) is 12.7. The number of hydrogen-bond acceptors (Lipinski definition) is 4. The molecule has 5 nitrogen and oxygen atoms in total. The molecular weight excluding hydrogens is 256 g/mol. The van der Waals surface area contributed by atoms with Crippen LogP contribution in [0, 0.1) is 10.1 Å². The number of nitrogens with zero attached hydrogens (tertiary/aromatic N) is 1. The van der Waals surface area contributed by atoms with E-state index in [-0.39, 0.29) is 16.1 Å². The fraction of sp³-hybridized carbons (Fsp3) is 0.600. The number of benzene rings is 1. The van der Waals surface area contributed by atoms with Crippen molar-refractivity contribution in [3.05, 3.63) is 28.3 Å².